The summed E-state index contributed by atoms with van der Waals surface area (Å²) < 4.78 is 0. The molecular weight excluding hydrogens is 265 g/mol. The van der Waals surface area contributed by atoms with Gasteiger partial charge in [-0.3, -0.25) is 0 Å². The van der Waals surface area contributed by atoms with E-state index in [1.807, 2.05) is 18.2 Å². The van der Waals surface area contributed by atoms with E-state index >= 15 is 0 Å². The Hall–Kier alpha value is -0.240. The van der Waals surface area contributed by atoms with E-state index in [0.29, 0.717) is 5.41 Å². The summed E-state index contributed by atoms with van der Waals surface area (Å²) in [6.07, 6.45) is 5.33. The zero-order valence-electron chi connectivity index (χ0n) is 11.1. The first-order valence-corrected chi connectivity index (χ1v) is 7.50. The van der Waals surface area contributed by atoms with Crippen LogP contribution in [0.1, 0.15) is 51.1 Å². The van der Waals surface area contributed by atoms with E-state index in [-0.39, 0.29) is 6.04 Å². The average molecular weight is 286 g/mol. The first-order chi connectivity index (χ1) is 8.56. The maximum atomic E-state index is 6.22. The van der Waals surface area contributed by atoms with Gasteiger partial charge in [0.2, 0.25) is 0 Å². The molecule has 0 aromatic heterocycles. The van der Waals surface area contributed by atoms with Gasteiger partial charge in [-0.05, 0) is 55.4 Å². The Morgan fingerprint density at radius 3 is 2.67 bits per heavy atom. The largest absolute Gasteiger partial charge is 0.310 e. The Bertz CT molecular complexity index is 413. The maximum Gasteiger partial charge on any atom is 0.0454 e. The van der Waals surface area contributed by atoms with Crippen LogP contribution in [0.2, 0.25) is 10.0 Å². The predicted octanol–water partition coefficient (Wildman–Crippen LogP) is 5.22. The van der Waals surface area contributed by atoms with Crippen LogP contribution in [0.25, 0.3) is 0 Å². The first kappa shape index (κ1) is 14.2. The zero-order valence-corrected chi connectivity index (χ0v) is 12.6. The third-order valence-corrected chi connectivity index (χ3v) is 4.52. The topological polar surface area (TPSA) is 12.0 Å². The lowest BCUT2D eigenvalue weighted by Gasteiger charge is -2.21. The molecule has 1 fully saturated rings. The van der Waals surface area contributed by atoms with Gasteiger partial charge in [-0.15, -0.1) is 0 Å². The molecule has 1 nitrogen and oxygen atoms in total. The summed E-state index contributed by atoms with van der Waals surface area (Å²) in [7, 11) is 0. The normalized spacial score (nSPS) is 18.7. The number of benzene rings is 1. The van der Waals surface area contributed by atoms with Crippen LogP contribution >= 0.6 is 23.2 Å². The third-order valence-electron chi connectivity index (χ3n) is 3.95. The molecule has 18 heavy (non-hydrogen) atoms. The minimum atomic E-state index is 0.255. The average Bonchev–Trinajstić information content (AvgIpc) is 3.10. The summed E-state index contributed by atoms with van der Waals surface area (Å²) in [5.74, 6) is 0. The number of hydrogen-bond acceptors (Lipinski definition) is 1. The lowest BCUT2D eigenvalue weighted by molar-refractivity contribution is 0.397. The van der Waals surface area contributed by atoms with Gasteiger partial charge in [-0.2, -0.15) is 0 Å². The highest BCUT2D eigenvalue weighted by Gasteiger charge is 2.41. The van der Waals surface area contributed by atoms with E-state index in [9.17, 15) is 0 Å². The standard InChI is InChI=1S/C15H21Cl2N/c1-3-6-15(7-8-15)10-18-11(2)13-9-12(16)4-5-14(13)17/h4-5,9,11,18H,3,6-8,10H2,1-2H3. The fourth-order valence-corrected chi connectivity index (χ4v) is 3.01. The van der Waals surface area contributed by atoms with Gasteiger partial charge in [0, 0.05) is 22.6 Å². The van der Waals surface area contributed by atoms with Gasteiger partial charge in [-0.25, -0.2) is 0 Å². The summed E-state index contributed by atoms with van der Waals surface area (Å²) in [4.78, 5) is 0. The third kappa shape index (κ3) is 3.40. The van der Waals surface area contributed by atoms with Gasteiger partial charge in [0.15, 0.2) is 0 Å². The molecule has 1 atom stereocenters. The highest BCUT2D eigenvalue weighted by Crippen LogP contribution is 2.49. The SMILES string of the molecule is CCCC1(CNC(C)c2cc(Cl)ccc2Cl)CC1. The molecule has 0 saturated heterocycles. The molecule has 0 bridgehead atoms. The van der Waals surface area contributed by atoms with Crippen molar-refractivity contribution in [2.24, 2.45) is 5.41 Å². The van der Waals surface area contributed by atoms with Crippen molar-refractivity contribution in [3.63, 3.8) is 0 Å². The molecule has 0 amide bonds. The molecule has 1 saturated carbocycles. The quantitative estimate of drug-likeness (QED) is 0.755. The Kier molecular flexibility index (Phi) is 4.58. The minimum Gasteiger partial charge on any atom is -0.310 e. The number of rotatable bonds is 6. The van der Waals surface area contributed by atoms with Gasteiger partial charge in [0.05, 0.1) is 0 Å². The van der Waals surface area contributed by atoms with Crippen LogP contribution in [0.5, 0.6) is 0 Å². The molecule has 100 valence electrons. The van der Waals surface area contributed by atoms with Crippen molar-refractivity contribution in [3.05, 3.63) is 33.8 Å². The van der Waals surface area contributed by atoms with Gasteiger partial charge in [-0.1, -0.05) is 36.5 Å². The van der Waals surface area contributed by atoms with Gasteiger partial charge >= 0.3 is 0 Å². The molecule has 3 heteroatoms. The van der Waals surface area contributed by atoms with E-state index in [2.05, 4.69) is 19.2 Å². The molecule has 0 radical (unpaired) electrons. The Morgan fingerprint density at radius 1 is 1.33 bits per heavy atom. The molecule has 1 aromatic carbocycles. The van der Waals surface area contributed by atoms with Crippen molar-refractivity contribution in [2.75, 3.05) is 6.54 Å². The highest BCUT2D eigenvalue weighted by molar-refractivity contribution is 6.33. The van der Waals surface area contributed by atoms with Crippen molar-refractivity contribution in [1.29, 1.82) is 0 Å². The molecule has 0 spiro atoms. The lowest BCUT2D eigenvalue weighted by Crippen LogP contribution is -2.27. The summed E-state index contributed by atoms with van der Waals surface area (Å²) in [6, 6.07) is 5.92. The van der Waals surface area contributed by atoms with Gasteiger partial charge in [0.1, 0.15) is 0 Å². The van der Waals surface area contributed by atoms with E-state index in [4.69, 9.17) is 23.2 Å². The van der Waals surface area contributed by atoms with Gasteiger partial charge < -0.3 is 5.32 Å². The second kappa shape index (κ2) is 5.81. The number of halogens is 2. The van der Waals surface area contributed by atoms with Crippen molar-refractivity contribution in [3.8, 4) is 0 Å². The van der Waals surface area contributed by atoms with E-state index in [0.717, 1.165) is 22.2 Å². The smallest absolute Gasteiger partial charge is 0.0454 e. The van der Waals surface area contributed by atoms with E-state index in [1.165, 1.54) is 25.7 Å². The van der Waals surface area contributed by atoms with Gasteiger partial charge in [0.25, 0.3) is 0 Å². The second-order valence-corrected chi connectivity index (χ2v) is 6.36. The molecule has 0 heterocycles. The van der Waals surface area contributed by atoms with Crippen molar-refractivity contribution >= 4 is 23.2 Å². The first-order valence-electron chi connectivity index (χ1n) is 6.75. The molecule has 1 aromatic rings. The monoisotopic (exact) mass is 285 g/mol. The minimum absolute atomic E-state index is 0.255. The summed E-state index contributed by atoms with van der Waals surface area (Å²) in [5, 5.41) is 5.15. The Morgan fingerprint density at radius 2 is 2.06 bits per heavy atom. The molecular formula is C15H21Cl2N. The Labute approximate surface area is 120 Å². The summed E-state index contributed by atoms with van der Waals surface area (Å²) in [6.45, 7) is 5.50. The Balaban J connectivity index is 1.95. The summed E-state index contributed by atoms with van der Waals surface area (Å²) >= 11 is 12.2. The van der Waals surface area contributed by atoms with Crippen LogP contribution in [-0.2, 0) is 0 Å². The molecule has 1 aliphatic carbocycles. The molecule has 1 unspecified atom stereocenters. The highest BCUT2D eigenvalue weighted by atomic mass is 35.5. The van der Waals surface area contributed by atoms with Crippen molar-refractivity contribution in [2.45, 2.75) is 45.6 Å². The predicted molar refractivity (Wildman–Crippen MR) is 79.5 cm³/mol. The molecule has 1 N–H and O–H groups in total. The molecule has 0 aliphatic heterocycles. The molecule has 1 aliphatic rings. The molecule has 2 rings (SSSR count). The van der Waals surface area contributed by atoms with Crippen LogP contribution in [-0.4, -0.2) is 6.54 Å². The maximum absolute atomic E-state index is 6.22. The second-order valence-electron chi connectivity index (χ2n) is 5.52. The van der Waals surface area contributed by atoms with Crippen LogP contribution in [0.15, 0.2) is 18.2 Å². The fourth-order valence-electron chi connectivity index (χ4n) is 2.55. The zero-order chi connectivity index (χ0) is 13.2. The lowest BCUT2D eigenvalue weighted by atomic mass is 9.99. The van der Waals surface area contributed by atoms with Crippen molar-refractivity contribution in [1.82, 2.24) is 5.32 Å². The van der Waals surface area contributed by atoms with E-state index in [1.54, 1.807) is 0 Å². The van der Waals surface area contributed by atoms with Crippen LogP contribution in [0.3, 0.4) is 0 Å². The van der Waals surface area contributed by atoms with Crippen LogP contribution < -0.4 is 5.32 Å². The fraction of sp³-hybridized carbons (Fsp3) is 0.600. The van der Waals surface area contributed by atoms with E-state index < -0.39 is 0 Å². The number of hydrogen-bond donors (Lipinski definition) is 1. The van der Waals surface area contributed by atoms with Crippen molar-refractivity contribution < 1.29 is 0 Å². The van der Waals surface area contributed by atoms with Crippen LogP contribution in [0.4, 0.5) is 0 Å². The number of nitrogens with one attached hydrogen (secondary N) is 1. The van der Waals surface area contributed by atoms with Crippen LogP contribution in [0, 0.1) is 5.41 Å². The summed E-state index contributed by atoms with van der Waals surface area (Å²) in [5.41, 5.74) is 1.66.